The van der Waals surface area contributed by atoms with E-state index in [4.69, 9.17) is 16.2 Å². The monoisotopic (exact) mass is 284 g/mol. The molecule has 2 rings (SSSR count). The molecule has 1 aliphatic rings. The van der Waals surface area contributed by atoms with Crippen molar-refractivity contribution < 1.29 is 9.53 Å². The fourth-order valence-electron chi connectivity index (χ4n) is 1.68. The van der Waals surface area contributed by atoms with E-state index in [9.17, 15) is 4.79 Å². The van der Waals surface area contributed by atoms with Crippen molar-refractivity contribution in [3.05, 3.63) is 28.2 Å². The first-order valence-corrected chi connectivity index (χ1v) is 5.87. The zero-order chi connectivity index (χ0) is 11.7. The predicted molar refractivity (Wildman–Crippen MR) is 64.3 cm³/mol. The normalized spacial score (nSPS) is 23.6. The third-order valence-corrected chi connectivity index (χ3v) is 3.13. The van der Waals surface area contributed by atoms with Gasteiger partial charge in [0.25, 0.3) is 5.91 Å². The second-order valence-electron chi connectivity index (χ2n) is 3.98. The van der Waals surface area contributed by atoms with Gasteiger partial charge < -0.3 is 16.2 Å². The Morgan fingerprint density at radius 3 is 2.69 bits per heavy atom. The molecule has 4 nitrogen and oxygen atoms in total. The molecule has 0 unspecified atom stereocenters. The number of carbonyl (C=O) groups is 1. The maximum atomic E-state index is 11.2. The van der Waals surface area contributed by atoms with Crippen LogP contribution in [0.15, 0.2) is 22.7 Å². The number of rotatable bonds is 3. The van der Waals surface area contributed by atoms with Crippen LogP contribution in [0.2, 0.25) is 0 Å². The Bertz CT molecular complexity index is 416. The van der Waals surface area contributed by atoms with E-state index in [1.54, 1.807) is 12.1 Å². The van der Waals surface area contributed by atoms with Crippen molar-refractivity contribution in [2.45, 2.75) is 25.0 Å². The van der Waals surface area contributed by atoms with Crippen molar-refractivity contribution >= 4 is 21.8 Å². The summed E-state index contributed by atoms with van der Waals surface area (Å²) in [4.78, 5) is 11.2. The van der Waals surface area contributed by atoms with Gasteiger partial charge in [0.1, 0.15) is 11.9 Å². The molecule has 5 heteroatoms. The van der Waals surface area contributed by atoms with Gasteiger partial charge in [0.15, 0.2) is 0 Å². The summed E-state index contributed by atoms with van der Waals surface area (Å²) in [5.74, 6) is 0.0486. The molecule has 16 heavy (non-hydrogen) atoms. The first kappa shape index (κ1) is 11.4. The standard InChI is InChI=1S/C11H13BrN2O2/c12-6-1-2-10(9(3-6)11(14)15)16-8-4-7(13)5-8/h1-3,7-8H,4-5,13H2,(H2,14,15). The number of nitrogens with two attached hydrogens (primary N) is 2. The largest absolute Gasteiger partial charge is 0.489 e. The van der Waals surface area contributed by atoms with Gasteiger partial charge in [-0.05, 0) is 31.0 Å². The number of amides is 1. The van der Waals surface area contributed by atoms with Crippen molar-refractivity contribution in [2.24, 2.45) is 11.5 Å². The summed E-state index contributed by atoms with van der Waals surface area (Å²) in [5.41, 5.74) is 11.3. The van der Waals surface area contributed by atoms with Crippen molar-refractivity contribution in [1.82, 2.24) is 0 Å². The molecule has 86 valence electrons. The van der Waals surface area contributed by atoms with Gasteiger partial charge in [-0.25, -0.2) is 0 Å². The van der Waals surface area contributed by atoms with E-state index in [1.165, 1.54) is 0 Å². The number of hydrogen-bond acceptors (Lipinski definition) is 3. The van der Waals surface area contributed by atoms with E-state index < -0.39 is 5.91 Å². The number of benzene rings is 1. The first-order valence-electron chi connectivity index (χ1n) is 5.08. The van der Waals surface area contributed by atoms with Crippen LogP contribution in [0.1, 0.15) is 23.2 Å². The molecule has 1 fully saturated rings. The zero-order valence-corrected chi connectivity index (χ0v) is 10.2. The lowest BCUT2D eigenvalue weighted by Gasteiger charge is -2.33. The van der Waals surface area contributed by atoms with Crippen molar-refractivity contribution in [1.29, 1.82) is 0 Å². The molecule has 1 aromatic rings. The number of primary amides is 1. The third kappa shape index (κ3) is 2.36. The minimum atomic E-state index is -0.486. The highest BCUT2D eigenvalue weighted by atomic mass is 79.9. The Hall–Kier alpha value is -1.07. The van der Waals surface area contributed by atoms with Crippen LogP contribution in [-0.2, 0) is 0 Å². The third-order valence-electron chi connectivity index (χ3n) is 2.63. The zero-order valence-electron chi connectivity index (χ0n) is 8.65. The Morgan fingerprint density at radius 1 is 1.44 bits per heavy atom. The van der Waals surface area contributed by atoms with E-state index in [-0.39, 0.29) is 12.1 Å². The fraction of sp³-hybridized carbons (Fsp3) is 0.364. The lowest BCUT2D eigenvalue weighted by molar-refractivity contribution is 0.0927. The Morgan fingerprint density at radius 2 is 2.12 bits per heavy atom. The molecule has 0 aliphatic heterocycles. The maximum absolute atomic E-state index is 11.2. The number of halogens is 1. The lowest BCUT2D eigenvalue weighted by Crippen LogP contribution is -2.43. The molecule has 1 aromatic carbocycles. The summed E-state index contributed by atoms with van der Waals surface area (Å²) >= 11 is 3.29. The van der Waals surface area contributed by atoms with Crippen LogP contribution >= 0.6 is 15.9 Å². The summed E-state index contributed by atoms with van der Waals surface area (Å²) in [6.07, 6.45) is 1.76. The van der Waals surface area contributed by atoms with Crippen LogP contribution in [0.3, 0.4) is 0 Å². The number of ether oxygens (including phenoxy) is 1. The Kier molecular flexibility index (Phi) is 3.16. The predicted octanol–water partition coefficient (Wildman–Crippen LogP) is 1.42. The smallest absolute Gasteiger partial charge is 0.252 e. The van der Waals surface area contributed by atoms with E-state index >= 15 is 0 Å². The van der Waals surface area contributed by atoms with Gasteiger partial charge in [0, 0.05) is 10.5 Å². The van der Waals surface area contributed by atoms with Gasteiger partial charge in [-0.15, -0.1) is 0 Å². The molecule has 0 aromatic heterocycles. The van der Waals surface area contributed by atoms with E-state index in [0.29, 0.717) is 11.3 Å². The molecule has 0 saturated heterocycles. The SMILES string of the molecule is NC(=O)c1cc(Br)ccc1OC1CC(N)C1. The van der Waals surface area contributed by atoms with Crippen LogP contribution in [-0.4, -0.2) is 18.1 Å². The minimum Gasteiger partial charge on any atom is -0.489 e. The van der Waals surface area contributed by atoms with Crippen LogP contribution in [0.5, 0.6) is 5.75 Å². The van der Waals surface area contributed by atoms with Gasteiger partial charge in [-0.3, -0.25) is 4.79 Å². The molecule has 1 aliphatic carbocycles. The minimum absolute atomic E-state index is 0.106. The highest BCUT2D eigenvalue weighted by Gasteiger charge is 2.28. The molecule has 0 radical (unpaired) electrons. The molecule has 4 N–H and O–H groups in total. The molecular formula is C11H13BrN2O2. The van der Waals surface area contributed by atoms with Gasteiger partial charge in [0.2, 0.25) is 0 Å². The summed E-state index contributed by atoms with van der Waals surface area (Å²) in [5, 5.41) is 0. The molecule has 0 heterocycles. The Labute approximate surface area is 102 Å². The second-order valence-corrected chi connectivity index (χ2v) is 4.89. The molecule has 0 atom stereocenters. The highest BCUT2D eigenvalue weighted by Crippen LogP contribution is 2.28. The summed E-state index contributed by atoms with van der Waals surface area (Å²) in [6, 6.07) is 5.45. The van der Waals surface area contributed by atoms with Crippen molar-refractivity contribution in [3.63, 3.8) is 0 Å². The van der Waals surface area contributed by atoms with E-state index in [0.717, 1.165) is 17.3 Å². The van der Waals surface area contributed by atoms with Gasteiger partial charge in [0.05, 0.1) is 5.56 Å². The van der Waals surface area contributed by atoms with Crippen LogP contribution < -0.4 is 16.2 Å². The van der Waals surface area contributed by atoms with Crippen LogP contribution in [0.25, 0.3) is 0 Å². The maximum Gasteiger partial charge on any atom is 0.252 e. The highest BCUT2D eigenvalue weighted by molar-refractivity contribution is 9.10. The summed E-state index contributed by atoms with van der Waals surface area (Å²) in [7, 11) is 0. The average molecular weight is 285 g/mol. The molecule has 0 bridgehead atoms. The lowest BCUT2D eigenvalue weighted by atomic mass is 9.90. The van der Waals surface area contributed by atoms with Crippen LogP contribution in [0.4, 0.5) is 0 Å². The Balaban J connectivity index is 2.16. The van der Waals surface area contributed by atoms with Gasteiger partial charge in [-0.1, -0.05) is 15.9 Å². The molecule has 1 saturated carbocycles. The topological polar surface area (TPSA) is 78.3 Å². The van der Waals surface area contributed by atoms with Gasteiger partial charge in [-0.2, -0.15) is 0 Å². The van der Waals surface area contributed by atoms with E-state index in [1.807, 2.05) is 6.07 Å². The van der Waals surface area contributed by atoms with Crippen molar-refractivity contribution in [2.75, 3.05) is 0 Å². The first-order chi connectivity index (χ1) is 7.56. The molecule has 1 amide bonds. The number of carbonyl (C=O) groups excluding carboxylic acids is 1. The van der Waals surface area contributed by atoms with Crippen LogP contribution in [0, 0.1) is 0 Å². The average Bonchev–Trinajstić information content (AvgIpc) is 2.17. The van der Waals surface area contributed by atoms with E-state index in [2.05, 4.69) is 15.9 Å². The van der Waals surface area contributed by atoms with Gasteiger partial charge >= 0.3 is 0 Å². The molecular weight excluding hydrogens is 272 g/mol. The quantitative estimate of drug-likeness (QED) is 0.881. The fourth-order valence-corrected chi connectivity index (χ4v) is 2.04. The molecule has 0 spiro atoms. The summed E-state index contributed by atoms with van der Waals surface area (Å²) in [6.45, 7) is 0. The number of hydrogen-bond donors (Lipinski definition) is 2. The van der Waals surface area contributed by atoms with Crippen molar-refractivity contribution in [3.8, 4) is 5.75 Å². The summed E-state index contributed by atoms with van der Waals surface area (Å²) < 4.78 is 6.47. The second kappa shape index (κ2) is 4.43.